The minimum Gasteiger partial charge on any atom is -0.495 e. The molecule has 1 N–H and O–H groups in total. The van der Waals surface area contributed by atoms with Crippen LogP contribution in [0.15, 0.2) is 53.9 Å². The molecule has 1 heterocycles. The summed E-state index contributed by atoms with van der Waals surface area (Å²) in [6.45, 7) is 1.79. The van der Waals surface area contributed by atoms with E-state index in [0.29, 0.717) is 26.6 Å². The first-order valence-electron chi connectivity index (χ1n) is 7.95. The molecule has 140 valence electrons. The summed E-state index contributed by atoms with van der Waals surface area (Å²) >= 11 is 13.2. The van der Waals surface area contributed by atoms with Gasteiger partial charge in [-0.3, -0.25) is 9.36 Å². The van der Waals surface area contributed by atoms with Crippen LogP contribution in [0.3, 0.4) is 0 Å². The molecule has 6 nitrogen and oxygen atoms in total. The minimum absolute atomic E-state index is 0.201. The number of halogens is 2. The summed E-state index contributed by atoms with van der Waals surface area (Å²) in [5.41, 5.74) is 1.33. The molecular formula is C18H16Cl2N4O2S. The monoisotopic (exact) mass is 422 g/mol. The van der Waals surface area contributed by atoms with Gasteiger partial charge in [0.2, 0.25) is 5.91 Å². The predicted molar refractivity (Wildman–Crippen MR) is 108 cm³/mol. The van der Waals surface area contributed by atoms with Crippen molar-refractivity contribution in [3.05, 3.63) is 58.8 Å². The third-order valence-corrected chi connectivity index (χ3v) is 5.14. The molecule has 1 aromatic heterocycles. The number of amides is 1. The van der Waals surface area contributed by atoms with Crippen molar-refractivity contribution in [3.63, 3.8) is 0 Å². The summed E-state index contributed by atoms with van der Waals surface area (Å²) in [5, 5.41) is 11.9. The van der Waals surface area contributed by atoms with Gasteiger partial charge in [-0.1, -0.05) is 47.1 Å². The van der Waals surface area contributed by atoms with Crippen LogP contribution in [0.1, 0.15) is 6.92 Å². The molecule has 0 aliphatic rings. The lowest BCUT2D eigenvalue weighted by molar-refractivity contribution is -0.115. The number of aromatic nitrogens is 3. The van der Waals surface area contributed by atoms with Gasteiger partial charge in [-0.15, -0.1) is 10.2 Å². The van der Waals surface area contributed by atoms with Gasteiger partial charge in [0.15, 0.2) is 5.16 Å². The Kier molecular flexibility index (Phi) is 6.26. The van der Waals surface area contributed by atoms with Crippen molar-refractivity contribution < 1.29 is 9.53 Å². The fourth-order valence-corrected chi connectivity index (χ4v) is 3.74. The van der Waals surface area contributed by atoms with Crippen LogP contribution in [0.2, 0.25) is 10.0 Å². The Labute approximate surface area is 170 Å². The molecule has 3 rings (SSSR count). The number of carbonyl (C=O) groups excluding carboxylic acids is 1. The third-order valence-electron chi connectivity index (χ3n) is 3.64. The molecular weight excluding hydrogens is 407 g/mol. The van der Waals surface area contributed by atoms with Gasteiger partial charge in [0.05, 0.1) is 18.0 Å². The Bertz CT molecular complexity index is 944. The van der Waals surface area contributed by atoms with Gasteiger partial charge >= 0.3 is 0 Å². The van der Waals surface area contributed by atoms with Gasteiger partial charge in [-0.2, -0.15) is 0 Å². The van der Waals surface area contributed by atoms with E-state index in [1.54, 1.807) is 43.1 Å². The highest BCUT2D eigenvalue weighted by atomic mass is 35.5. The van der Waals surface area contributed by atoms with Crippen molar-refractivity contribution in [2.24, 2.45) is 0 Å². The molecule has 2 aromatic carbocycles. The van der Waals surface area contributed by atoms with Crippen LogP contribution in [-0.2, 0) is 4.79 Å². The summed E-state index contributed by atoms with van der Waals surface area (Å²) in [6, 6.07) is 12.4. The van der Waals surface area contributed by atoms with Gasteiger partial charge in [-0.25, -0.2) is 0 Å². The molecule has 3 aromatic rings. The molecule has 0 saturated carbocycles. The fourth-order valence-electron chi connectivity index (χ4n) is 2.38. The number of ether oxygens (including phenoxy) is 1. The Morgan fingerprint density at radius 3 is 2.63 bits per heavy atom. The molecule has 1 unspecified atom stereocenters. The number of rotatable bonds is 6. The molecule has 27 heavy (non-hydrogen) atoms. The zero-order chi connectivity index (χ0) is 19.4. The second-order valence-corrected chi connectivity index (χ2v) is 7.74. The molecule has 0 bridgehead atoms. The summed E-state index contributed by atoms with van der Waals surface area (Å²) < 4.78 is 7.17. The molecule has 0 fully saturated rings. The Morgan fingerprint density at radius 1 is 1.22 bits per heavy atom. The third kappa shape index (κ3) is 4.74. The number of nitrogens with zero attached hydrogens (tertiary/aromatic N) is 3. The van der Waals surface area contributed by atoms with Crippen LogP contribution in [0.5, 0.6) is 5.75 Å². The molecule has 9 heteroatoms. The fraction of sp³-hybridized carbons (Fsp3) is 0.167. The van der Waals surface area contributed by atoms with Crippen LogP contribution < -0.4 is 10.1 Å². The molecule has 0 aliphatic heterocycles. The van der Waals surface area contributed by atoms with E-state index in [2.05, 4.69) is 15.5 Å². The van der Waals surface area contributed by atoms with Crippen LogP contribution in [-0.4, -0.2) is 33.0 Å². The van der Waals surface area contributed by atoms with E-state index in [0.717, 1.165) is 5.69 Å². The molecule has 0 saturated heterocycles. The highest BCUT2D eigenvalue weighted by Gasteiger charge is 2.20. The second kappa shape index (κ2) is 8.65. The second-order valence-electron chi connectivity index (χ2n) is 5.56. The van der Waals surface area contributed by atoms with E-state index < -0.39 is 5.25 Å². The molecule has 0 aliphatic carbocycles. The van der Waals surface area contributed by atoms with Crippen molar-refractivity contribution in [1.29, 1.82) is 0 Å². The topological polar surface area (TPSA) is 69.0 Å². The van der Waals surface area contributed by atoms with Crippen molar-refractivity contribution in [2.75, 3.05) is 12.4 Å². The Hall–Kier alpha value is -2.22. The highest BCUT2D eigenvalue weighted by molar-refractivity contribution is 8.00. The standard InChI is InChI=1S/C18H16Cl2N4O2S/c1-11(17(25)22-14-8-12(19)7-13(20)9-14)27-18-23-21-10-24(18)15-5-3-4-6-16(15)26-2/h3-11H,1-2H3,(H,22,25). The van der Waals surface area contributed by atoms with Crippen LogP contribution >= 0.6 is 35.0 Å². The number of para-hydroxylation sites is 2. The summed E-state index contributed by atoms with van der Waals surface area (Å²) in [4.78, 5) is 12.5. The molecule has 0 radical (unpaired) electrons. The quantitative estimate of drug-likeness (QED) is 0.582. The van der Waals surface area contributed by atoms with E-state index >= 15 is 0 Å². The zero-order valence-corrected chi connectivity index (χ0v) is 16.8. The highest BCUT2D eigenvalue weighted by Crippen LogP contribution is 2.29. The number of methoxy groups -OCH3 is 1. The lowest BCUT2D eigenvalue weighted by Crippen LogP contribution is -2.22. The van der Waals surface area contributed by atoms with E-state index in [4.69, 9.17) is 27.9 Å². The first-order chi connectivity index (χ1) is 13.0. The van der Waals surface area contributed by atoms with Crippen LogP contribution in [0.4, 0.5) is 5.69 Å². The van der Waals surface area contributed by atoms with Gasteiger partial charge in [0.1, 0.15) is 12.1 Å². The zero-order valence-electron chi connectivity index (χ0n) is 14.5. The van der Waals surface area contributed by atoms with Gasteiger partial charge in [0, 0.05) is 15.7 Å². The molecule has 0 spiro atoms. The van der Waals surface area contributed by atoms with E-state index in [-0.39, 0.29) is 5.91 Å². The Morgan fingerprint density at radius 2 is 1.93 bits per heavy atom. The van der Waals surface area contributed by atoms with E-state index in [9.17, 15) is 4.79 Å². The van der Waals surface area contributed by atoms with Crippen LogP contribution in [0, 0.1) is 0 Å². The largest absolute Gasteiger partial charge is 0.495 e. The maximum atomic E-state index is 12.5. The number of thioether (sulfide) groups is 1. The number of anilines is 1. The predicted octanol–water partition coefficient (Wildman–Crippen LogP) is 4.70. The number of hydrogen-bond donors (Lipinski definition) is 1. The van der Waals surface area contributed by atoms with E-state index in [1.807, 2.05) is 24.3 Å². The number of nitrogens with one attached hydrogen (secondary N) is 1. The first kappa shape index (κ1) is 19.5. The number of carbonyl (C=O) groups is 1. The number of hydrogen-bond acceptors (Lipinski definition) is 5. The van der Waals surface area contributed by atoms with Crippen molar-refractivity contribution >= 4 is 46.6 Å². The number of benzene rings is 2. The van der Waals surface area contributed by atoms with Crippen molar-refractivity contribution in [2.45, 2.75) is 17.3 Å². The normalized spacial score (nSPS) is 11.9. The summed E-state index contributed by atoms with van der Waals surface area (Å²) in [7, 11) is 1.60. The average molecular weight is 423 g/mol. The molecule has 1 atom stereocenters. The van der Waals surface area contributed by atoms with Crippen molar-refractivity contribution in [1.82, 2.24) is 14.8 Å². The average Bonchev–Trinajstić information content (AvgIpc) is 3.08. The first-order valence-corrected chi connectivity index (χ1v) is 9.58. The smallest absolute Gasteiger partial charge is 0.237 e. The van der Waals surface area contributed by atoms with E-state index in [1.165, 1.54) is 11.8 Å². The van der Waals surface area contributed by atoms with Gasteiger partial charge in [0.25, 0.3) is 0 Å². The minimum atomic E-state index is -0.430. The van der Waals surface area contributed by atoms with Gasteiger partial charge in [-0.05, 0) is 37.3 Å². The lowest BCUT2D eigenvalue weighted by atomic mass is 10.3. The van der Waals surface area contributed by atoms with Crippen LogP contribution in [0.25, 0.3) is 5.69 Å². The van der Waals surface area contributed by atoms with Gasteiger partial charge < -0.3 is 10.1 Å². The maximum Gasteiger partial charge on any atom is 0.237 e. The lowest BCUT2D eigenvalue weighted by Gasteiger charge is -2.14. The Balaban J connectivity index is 1.76. The van der Waals surface area contributed by atoms with Crippen molar-refractivity contribution in [3.8, 4) is 11.4 Å². The molecule has 1 amide bonds. The summed E-state index contributed by atoms with van der Waals surface area (Å²) in [6.07, 6.45) is 1.58. The maximum absolute atomic E-state index is 12.5. The summed E-state index contributed by atoms with van der Waals surface area (Å²) in [5.74, 6) is 0.484. The SMILES string of the molecule is COc1ccccc1-n1cnnc1SC(C)C(=O)Nc1cc(Cl)cc(Cl)c1.